The molecule has 0 bridgehead atoms. The van der Waals surface area contributed by atoms with Gasteiger partial charge in [0, 0.05) is 18.6 Å². The molecule has 2 fully saturated rings. The van der Waals surface area contributed by atoms with E-state index in [1.807, 2.05) is 13.1 Å². The van der Waals surface area contributed by atoms with Gasteiger partial charge in [0.2, 0.25) is 0 Å². The topological polar surface area (TPSA) is 26.9 Å². The van der Waals surface area contributed by atoms with Gasteiger partial charge in [-0.2, -0.15) is 0 Å². The van der Waals surface area contributed by atoms with Gasteiger partial charge in [0.05, 0.1) is 16.4 Å². The third kappa shape index (κ3) is 1.88. The van der Waals surface area contributed by atoms with Crippen molar-refractivity contribution in [3.8, 4) is 0 Å². The molecule has 0 amide bonds. The van der Waals surface area contributed by atoms with Gasteiger partial charge in [-0.1, -0.05) is 22.4 Å². The molecule has 2 saturated carbocycles. The van der Waals surface area contributed by atoms with Crippen molar-refractivity contribution in [1.29, 1.82) is 0 Å². The zero-order valence-corrected chi connectivity index (χ0v) is 14.5. The average molecular weight is 370 g/mol. The second-order valence-corrected chi connectivity index (χ2v) is 7.83. The number of alkyl halides is 1. The number of aryl methyl sites for hydroxylation is 2. The molecule has 0 N–H and O–H groups in total. The number of benzene rings is 1. The molecule has 2 aliphatic rings. The standard InChI is InChI=1S/C16H18BrClN2O/c1-19-12-6-10(11(17)7-13(12)20(2)16(19)21)15(18)14-8-4-3-5-9(8)14/h6-9,14-15H,3-5H2,1-2H3. The lowest BCUT2D eigenvalue weighted by Gasteiger charge is -2.14. The van der Waals surface area contributed by atoms with Crippen molar-refractivity contribution < 1.29 is 0 Å². The Morgan fingerprint density at radius 3 is 2.38 bits per heavy atom. The molecule has 2 aromatic rings. The fraction of sp³-hybridized carbons (Fsp3) is 0.562. The van der Waals surface area contributed by atoms with Crippen molar-refractivity contribution in [3.63, 3.8) is 0 Å². The summed E-state index contributed by atoms with van der Waals surface area (Å²) in [5.74, 6) is 2.28. The van der Waals surface area contributed by atoms with Crippen LogP contribution in [0.4, 0.5) is 0 Å². The summed E-state index contributed by atoms with van der Waals surface area (Å²) in [7, 11) is 3.62. The molecule has 112 valence electrons. The van der Waals surface area contributed by atoms with Gasteiger partial charge in [0.25, 0.3) is 0 Å². The van der Waals surface area contributed by atoms with Crippen LogP contribution in [0, 0.1) is 17.8 Å². The van der Waals surface area contributed by atoms with Crippen molar-refractivity contribution in [2.75, 3.05) is 0 Å². The third-order valence-electron chi connectivity index (χ3n) is 5.50. The van der Waals surface area contributed by atoms with E-state index in [1.165, 1.54) is 19.3 Å². The van der Waals surface area contributed by atoms with Crippen LogP contribution in [0.15, 0.2) is 21.4 Å². The van der Waals surface area contributed by atoms with Gasteiger partial charge in [-0.3, -0.25) is 9.13 Å². The smallest absolute Gasteiger partial charge is 0.295 e. The summed E-state index contributed by atoms with van der Waals surface area (Å²) in [5.41, 5.74) is 3.03. The van der Waals surface area contributed by atoms with Crippen LogP contribution in [-0.4, -0.2) is 9.13 Å². The largest absolute Gasteiger partial charge is 0.328 e. The average Bonchev–Trinajstić information content (AvgIpc) is 2.87. The number of aromatic nitrogens is 2. The summed E-state index contributed by atoms with van der Waals surface area (Å²) in [6.45, 7) is 0. The number of hydrogen-bond donors (Lipinski definition) is 0. The summed E-state index contributed by atoms with van der Waals surface area (Å²) >= 11 is 10.4. The van der Waals surface area contributed by atoms with Crippen LogP contribution in [0.2, 0.25) is 0 Å². The quantitative estimate of drug-likeness (QED) is 0.736. The second-order valence-electron chi connectivity index (χ2n) is 6.50. The first kappa shape index (κ1) is 13.9. The van der Waals surface area contributed by atoms with Crippen LogP contribution >= 0.6 is 27.5 Å². The van der Waals surface area contributed by atoms with E-state index < -0.39 is 0 Å². The number of imidazole rings is 1. The Kier molecular flexibility index (Phi) is 3.06. The van der Waals surface area contributed by atoms with Gasteiger partial charge in [-0.15, -0.1) is 11.6 Å². The molecular formula is C16H18BrClN2O. The molecule has 0 saturated heterocycles. The fourth-order valence-corrected chi connectivity index (χ4v) is 5.53. The predicted octanol–water partition coefficient (Wildman–Crippen LogP) is 3.97. The van der Waals surface area contributed by atoms with Gasteiger partial charge in [-0.05, 0) is 48.3 Å². The summed E-state index contributed by atoms with van der Waals surface area (Å²) in [6.07, 6.45) is 4.04. The van der Waals surface area contributed by atoms with Crippen molar-refractivity contribution in [2.45, 2.75) is 24.6 Å². The maximum Gasteiger partial charge on any atom is 0.328 e. The molecule has 1 heterocycles. The number of fused-ring (bicyclic) bond motifs is 2. The van der Waals surface area contributed by atoms with E-state index in [4.69, 9.17) is 11.6 Å². The molecule has 3 unspecified atom stereocenters. The molecule has 0 spiro atoms. The van der Waals surface area contributed by atoms with E-state index in [-0.39, 0.29) is 11.1 Å². The van der Waals surface area contributed by atoms with Gasteiger partial charge < -0.3 is 0 Å². The number of nitrogens with zero attached hydrogens (tertiary/aromatic N) is 2. The van der Waals surface area contributed by atoms with Gasteiger partial charge in [0.1, 0.15) is 0 Å². The van der Waals surface area contributed by atoms with Crippen LogP contribution in [0.3, 0.4) is 0 Å². The molecule has 0 aliphatic heterocycles. The highest BCUT2D eigenvalue weighted by Crippen LogP contribution is 2.64. The van der Waals surface area contributed by atoms with Crippen LogP contribution in [-0.2, 0) is 14.1 Å². The maximum absolute atomic E-state index is 12.1. The molecule has 1 aromatic heterocycles. The van der Waals surface area contributed by atoms with Crippen molar-refractivity contribution in [2.24, 2.45) is 31.8 Å². The van der Waals surface area contributed by atoms with Crippen LogP contribution < -0.4 is 5.69 Å². The molecule has 5 heteroatoms. The second kappa shape index (κ2) is 4.63. The molecule has 3 atom stereocenters. The zero-order valence-electron chi connectivity index (χ0n) is 12.1. The highest BCUT2D eigenvalue weighted by atomic mass is 79.9. The zero-order chi connectivity index (χ0) is 14.9. The SMILES string of the molecule is Cn1c(=O)n(C)c2cc(C(Cl)C3C4CCCC43)c(Br)cc21. The molecule has 4 rings (SSSR count). The van der Waals surface area contributed by atoms with E-state index in [9.17, 15) is 4.79 Å². The Hall–Kier alpha value is -0.740. The maximum atomic E-state index is 12.1. The van der Waals surface area contributed by atoms with Crippen LogP contribution in [0.1, 0.15) is 30.2 Å². The molecule has 0 radical (unpaired) electrons. The Balaban J connectivity index is 1.80. The number of rotatable bonds is 2. The van der Waals surface area contributed by atoms with E-state index in [1.54, 1.807) is 16.2 Å². The van der Waals surface area contributed by atoms with Gasteiger partial charge >= 0.3 is 5.69 Å². The van der Waals surface area contributed by atoms with Gasteiger partial charge in [-0.25, -0.2) is 4.79 Å². The first-order valence-corrected chi connectivity index (χ1v) is 8.72. The van der Waals surface area contributed by atoms with Crippen LogP contribution in [0.5, 0.6) is 0 Å². The Morgan fingerprint density at radius 1 is 1.19 bits per heavy atom. The molecular weight excluding hydrogens is 352 g/mol. The lowest BCUT2D eigenvalue weighted by molar-refractivity contribution is 0.573. The van der Waals surface area contributed by atoms with Crippen molar-refractivity contribution >= 4 is 38.6 Å². The predicted molar refractivity (Wildman–Crippen MR) is 88.8 cm³/mol. The van der Waals surface area contributed by atoms with E-state index in [0.717, 1.165) is 32.9 Å². The Morgan fingerprint density at radius 2 is 1.76 bits per heavy atom. The van der Waals surface area contributed by atoms with Crippen LogP contribution in [0.25, 0.3) is 11.0 Å². The molecule has 2 aliphatic carbocycles. The lowest BCUT2D eigenvalue weighted by atomic mass is 10.0. The van der Waals surface area contributed by atoms with Gasteiger partial charge in [0.15, 0.2) is 0 Å². The number of hydrogen-bond acceptors (Lipinski definition) is 1. The number of halogens is 2. The highest BCUT2D eigenvalue weighted by Gasteiger charge is 2.55. The molecule has 3 nitrogen and oxygen atoms in total. The summed E-state index contributed by atoms with van der Waals surface area (Å²) in [5, 5.41) is 0.0504. The minimum absolute atomic E-state index is 0.00321. The summed E-state index contributed by atoms with van der Waals surface area (Å²) in [6, 6.07) is 4.12. The lowest BCUT2D eigenvalue weighted by Crippen LogP contribution is -2.19. The van der Waals surface area contributed by atoms with E-state index in [2.05, 4.69) is 22.0 Å². The first-order chi connectivity index (χ1) is 10.0. The van der Waals surface area contributed by atoms with E-state index >= 15 is 0 Å². The first-order valence-electron chi connectivity index (χ1n) is 7.49. The highest BCUT2D eigenvalue weighted by molar-refractivity contribution is 9.10. The third-order valence-corrected chi connectivity index (χ3v) is 6.71. The van der Waals surface area contributed by atoms with Crippen molar-refractivity contribution in [3.05, 3.63) is 32.7 Å². The normalized spacial score (nSPS) is 28.9. The summed E-state index contributed by atoms with van der Waals surface area (Å²) in [4.78, 5) is 12.1. The molecule has 21 heavy (non-hydrogen) atoms. The Labute approximate surface area is 137 Å². The van der Waals surface area contributed by atoms with Crippen molar-refractivity contribution in [1.82, 2.24) is 9.13 Å². The Bertz CT molecular complexity index is 784. The fourth-order valence-electron chi connectivity index (χ4n) is 4.27. The molecule has 1 aromatic carbocycles. The monoisotopic (exact) mass is 368 g/mol. The summed E-state index contributed by atoms with van der Waals surface area (Å²) < 4.78 is 4.39. The van der Waals surface area contributed by atoms with E-state index in [0.29, 0.717) is 5.92 Å². The minimum atomic E-state index is 0.00321. The minimum Gasteiger partial charge on any atom is -0.295 e.